The quantitative estimate of drug-likeness (QED) is 0.631. The average molecular weight is 478 g/mol. The second-order valence-corrected chi connectivity index (χ2v) is 10.0. The number of benzene rings is 2. The van der Waals surface area contributed by atoms with E-state index in [1.165, 1.54) is 11.8 Å². The molecule has 0 radical (unpaired) electrons. The molecule has 3 aliphatic heterocycles. The zero-order valence-corrected chi connectivity index (χ0v) is 18.3. The molecule has 0 saturated heterocycles. The van der Waals surface area contributed by atoms with E-state index in [9.17, 15) is 18.3 Å². The van der Waals surface area contributed by atoms with Crippen LogP contribution in [0.25, 0.3) is 0 Å². The molecule has 0 aromatic heterocycles. The third-order valence-corrected chi connectivity index (χ3v) is 7.33. The Labute approximate surface area is 188 Å². The van der Waals surface area contributed by atoms with Gasteiger partial charge in [0.2, 0.25) is 6.79 Å². The fourth-order valence-corrected chi connectivity index (χ4v) is 5.70. The Morgan fingerprint density at radius 1 is 1.25 bits per heavy atom. The number of carbonyl (C=O) groups excluding carboxylic acids is 1. The normalized spacial score (nSPS) is 18.4. The van der Waals surface area contributed by atoms with E-state index < -0.39 is 16.1 Å². The first kappa shape index (κ1) is 20.9. The monoisotopic (exact) mass is 477 g/mol. The molecular weight excluding hydrogens is 458 g/mol. The zero-order valence-electron chi connectivity index (χ0n) is 16.7. The standard InChI is InChI=1S/C20H19N3O7S2/c24-13(10-28-14-2-4-16-17(8-14)30-11-29-16)9-21-19(25)12-1-3-15-18(7-12)31-20-22-32(26,27)6-5-23(15)20/h1-4,7-8,13,24H,5-6,9-11H2,(H,21,25). The van der Waals surface area contributed by atoms with Crippen molar-refractivity contribution in [3.05, 3.63) is 42.0 Å². The van der Waals surface area contributed by atoms with E-state index in [0.29, 0.717) is 34.5 Å². The molecule has 32 heavy (non-hydrogen) atoms. The molecule has 168 valence electrons. The van der Waals surface area contributed by atoms with Gasteiger partial charge in [-0.2, -0.15) is 0 Å². The number of aliphatic hydroxyl groups excluding tert-OH is 1. The summed E-state index contributed by atoms with van der Waals surface area (Å²) in [6, 6.07) is 10.3. The number of carbonyl (C=O) groups is 1. The van der Waals surface area contributed by atoms with E-state index in [2.05, 4.69) is 9.71 Å². The summed E-state index contributed by atoms with van der Waals surface area (Å²) < 4.78 is 43.3. The summed E-state index contributed by atoms with van der Waals surface area (Å²) in [5.74, 6) is 1.36. The Balaban J connectivity index is 1.16. The fraction of sp³-hybridized carbons (Fsp3) is 0.300. The number of aliphatic hydroxyl groups is 1. The molecule has 5 rings (SSSR count). The van der Waals surface area contributed by atoms with E-state index in [0.717, 1.165) is 10.6 Å². The Kier molecular flexibility index (Phi) is 5.35. The Hall–Kier alpha value is -2.96. The largest absolute Gasteiger partial charge is 0.491 e. The van der Waals surface area contributed by atoms with Crippen molar-refractivity contribution in [3.8, 4) is 17.2 Å². The van der Waals surface area contributed by atoms with E-state index in [1.807, 2.05) is 4.90 Å². The van der Waals surface area contributed by atoms with Crippen LogP contribution in [0.5, 0.6) is 17.2 Å². The Bertz CT molecular complexity index is 1220. The molecule has 2 aromatic carbocycles. The van der Waals surface area contributed by atoms with Gasteiger partial charge in [0.05, 0.1) is 11.4 Å². The van der Waals surface area contributed by atoms with Crippen LogP contribution in [0.3, 0.4) is 0 Å². The maximum Gasteiger partial charge on any atom is 0.257 e. The molecule has 0 spiro atoms. The third-order valence-electron chi connectivity index (χ3n) is 5.02. The summed E-state index contributed by atoms with van der Waals surface area (Å²) in [6.07, 6.45) is -0.915. The molecule has 1 unspecified atom stereocenters. The molecule has 2 N–H and O–H groups in total. The smallest absolute Gasteiger partial charge is 0.257 e. The maximum absolute atomic E-state index is 12.5. The van der Waals surface area contributed by atoms with Gasteiger partial charge in [0, 0.05) is 29.6 Å². The highest BCUT2D eigenvalue weighted by molar-refractivity contribution is 8.15. The molecule has 0 saturated carbocycles. The highest BCUT2D eigenvalue weighted by Gasteiger charge is 2.33. The van der Waals surface area contributed by atoms with Gasteiger partial charge in [-0.25, -0.2) is 8.42 Å². The molecule has 12 heteroatoms. The minimum atomic E-state index is -3.43. The minimum absolute atomic E-state index is 0.00465. The van der Waals surface area contributed by atoms with Gasteiger partial charge in [0.25, 0.3) is 15.9 Å². The van der Waals surface area contributed by atoms with Crippen LogP contribution in [0.15, 0.2) is 45.7 Å². The van der Waals surface area contributed by atoms with Gasteiger partial charge in [-0.05, 0) is 42.1 Å². The maximum atomic E-state index is 12.5. The van der Waals surface area contributed by atoms with Crippen molar-refractivity contribution in [1.29, 1.82) is 0 Å². The van der Waals surface area contributed by atoms with Gasteiger partial charge in [0.15, 0.2) is 16.7 Å². The van der Waals surface area contributed by atoms with Crippen LogP contribution in [0.1, 0.15) is 10.4 Å². The molecule has 1 atom stereocenters. The van der Waals surface area contributed by atoms with Gasteiger partial charge < -0.3 is 29.5 Å². The number of anilines is 1. The van der Waals surface area contributed by atoms with E-state index in [-0.39, 0.29) is 31.6 Å². The summed E-state index contributed by atoms with van der Waals surface area (Å²) in [6.45, 7) is 0.496. The number of fused-ring (bicyclic) bond motifs is 4. The number of ether oxygens (including phenoxy) is 3. The number of amidine groups is 1. The van der Waals surface area contributed by atoms with Crippen LogP contribution >= 0.6 is 11.8 Å². The van der Waals surface area contributed by atoms with Crippen molar-refractivity contribution < 1.29 is 32.5 Å². The number of sulfonamides is 1. The number of hydrogen-bond acceptors (Lipinski definition) is 9. The van der Waals surface area contributed by atoms with Crippen LogP contribution in [0.2, 0.25) is 0 Å². The van der Waals surface area contributed by atoms with Crippen molar-refractivity contribution in [1.82, 2.24) is 5.32 Å². The van der Waals surface area contributed by atoms with E-state index in [1.54, 1.807) is 36.4 Å². The van der Waals surface area contributed by atoms with Gasteiger partial charge >= 0.3 is 0 Å². The summed E-state index contributed by atoms with van der Waals surface area (Å²) in [7, 11) is -3.43. The molecule has 0 fully saturated rings. The van der Waals surface area contributed by atoms with Crippen molar-refractivity contribution in [2.45, 2.75) is 11.0 Å². The molecule has 3 heterocycles. The first-order valence-corrected chi connectivity index (χ1v) is 12.2. The van der Waals surface area contributed by atoms with Gasteiger partial charge in [0.1, 0.15) is 18.5 Å². The predicted octanol–water partition coefficient (Wildman–Crippen LogP) is 1.20. The second kappa shape index (κ2) is 8.19. The number of rotatable bonds is 6. The van der Waals surface area contributed by atoms with Crippen molar-refractivity contribution in [3.63, 3.8) is 0 Å². The molecule has 10 nitrogen and oxygen atoms in total. The fourth-order valence-electron chi connectivity index (χ4n) is 3.40. The average Bonchev–Trinajstić information content (AvgIpc) is 3.37. The van der Waals surface area contributed by atoms with E-state index >= 15 is 0 Å². The molecule has 1 amide bonds. The lowest BCUT2D eigenvalue weighted by molar-refractivity contribution is 0.0843. The SMILES string of the molecule is O=C(NCC(O)COc1ccc2c(c1)OCO2)c1ccc2c(c1)SC1=NS(=O)(=O)CCN12. The topological polar surface area (TPSA) is 127 Å². The van der Waals surface area contributed by atoms with Crippen LogP contribution in [0.4, 0.5) is 5.69 Å². The highest BCUT2D eigenvalue weighted by Crippen LogP contribution is 2.42. The number of nitrogens with zero attached hydrogens (tertiary/aromatic N) is 2. The highest BCUT2D eigenvalue weighted by atomic mass is 32.2. The summed E-state index contributed by atoms with van der Waals surface area (Å²) in [5.41, 5.74) is 1.24. The predicted molar refractivity (Wildman–Crippen MR) is 117 cm³/mol. The summed E-state index contributed by atoms with van der Waals surface area (Å²) in [5, 5.41) is 13.2. The lowest BCUT2D eigenvalue weighted by atomic mass is 10.1. The van der Waals surface area contributed by atoms with Crippen LogP contribution in [0, 0.1) is 0 Å². The molecular formula is C20H19N3O7S2. The van der Waals surface area contributed by atoms with Crippen LogP contribution < -0.4 is 24.4 Å². The van der Waals surface area contributed by atoms with Gasteiger partial charge in [-0.3, -0.25) is 4.79 Å². The van der Waals surface area contributed by atoms with Crippen molar-refractivity contribution >= 4 is 38.5 Å². The molecule has 0 bridgehead atoms. The lowest BCUT2D eigenvalue weighted by Crippen LogP contribution is -2.35. The lowest BCUT2D eigenvalue weighted by Gasteiger charge is -2.22. The number of nitrogens with one attached hydrogen (secondary N) is 1. The zero-order chi connectivity index (χ0) is 22.3. The van der Waals surface area contributed by atoms with Crippen molar-refractivity contribution in [2.75, 3.05) is 37.1 Å². The second-order valence-electron chi connectivity index (χ2n) is 7.29. The summed E-state index contributed by atoms with van der Waals surface area (Å²) >= 11 is 1.22. The Morgan fingerprint density at radius 3 is 2.97 bits per heavy atom. The van der Waals surface area contributed by atoms with Crippen LogP contribution in [-0.2, 0) is 10.0 Å². The summed E-state index contributed by atoms with van der Waals surface area (Å²) in [4.78, 5) is 15.1. The minimum Gasteiger partial charge on any atom is -0.491 e. The molecule has 3 aliphatic rings. The van der Waals surface area contributed by atoms with Crippen LogP contribution in [-0.4, -0.2) is 62.9 Å². The third kappa shape index (κ3) is 4.20. The molecule has 0 aliphatic carbocycles. The van der Waals surface area contributed by atoms with E-state index in [4.69, 9.17) is 14.2 Å². The Morgan fingerprint density at radius 2 is 2.09 bits per heavy atom. The number of hydrogen-bond donors (Lipinski definition) is 2. The van der Waals surface area contributed by atoms with Gasteiger partial charge in [-0.1, -0.05) is 0 Å². The number of thioether (sulfide) groups is 1. The number of amides is 1. The molecule has 2 aromatic rings. The van der Waals surface area contributed by atoms with Crippen molar-refractivity contribution in [2.24, 2.45) is 4.40 Å². The first-order valence-electron chi connectivity index (χ1n) is 9.79. The van der Waals surface area contributed by atoms with Gasteiger partial charge in [-0.15, -0.1) is 4.40 Å². The first-order chi connectivity index (χ1) is 15.4.